The predicted octanol–water partition coefficient (Wildman–Crippen LogP) is 7.26. The number of hydrogen-bond donors (Lipinski definition) is 0. The Morgan fingerprint density at radius 1 is 0.720 bits per heavy atom. The van der Waals surface area contributed by atoms with Crippen molar-refractivity contribution >= 4 is 0 Å². The minimum atomic E-state index is 0.893. The minimum absolute atomic E-state index is 0.893. The molecule has 0 radical (unpaired) electrons. The molecule has 0 aliphatic heterocycles. The molecule has 0 saturated heterocycles. The van der Waals surface area contributed by atoms with E-state index in [9.17, 15) is 0 Å². The van der Waals surface area contributed by atoms with Crippen molar-refractivity contribution in [2.75, 3.05) is 0 Å². The summed E-state index contributed by atoms with van der Waals surface area (Å²) in [7, 11) is 0. The lowest BCUT2D eigenvalue weighted by Crippen LogP contribution is -2.14. The first kappa shape index (κ1) is 18.2. The molecule has 0 aromatic heterocycles. The van der Waals surface area contributed by atoms with E-state index in [2.05, 4.69) is 65.8 Å². The molecule has 0 heterocycles. The average Bonchev–Trinajstić information content (AvgIpc) is 2.54. The zero-order valence-electron chi connectivity index (χ0n) is 17.0. The maximum absolute atomic E-state index is 2.45. The summed E-state index contributed by atoms with van der Waals surface area (Å²) in [5.74, 6) is 1.83. The number of rotatable bonds is 3. The maximum atomic E-state index is 2.45. The molecule has 0 N–H and O–H groups in total. The van der Waals surface area contributed by atoms with Crippen molar-refractivity contribution in [2.24, 2.45) is 11.8 Å². The Labute approximate surface area is 154 Å². The summed E-state index contributed by atoms with van der Waals surface area (Å²) in [5, 5.41) is 0. The van der Waals surface area contributed by atoms with Crippen LogP contribution in [0.25, 0.3) is 11.1 Å². The molecule has 0 spiro atoms. The van der Waals surface area contributed by atoms with Crippen LogP contribution in [0.1, 0.15) is 66.0 Å². The average molecular weight is 335 g/mol. The van der Waals surface area contributed by atoms with E-state index in [1.165, 1.54) is 71.0 Å². The highest BCUT2D eigenvalue weighted by Crippen LogP contribution is 2.34. The van der Waals surface area contributed by atoms with Gasteiger partial charge < -0.3 is 0 Å². The van der Waals surface area contributed by atoms with Gasteiger partial charge in [-0.2, -0.15) is 0 Å². The fourth-order valence-electron chi connectivity index (χ4n) is 4.67. The van der Waals surface area contributed by atoms with E-state index in [1.807, 2.05) is 0 Å². The molecule has 0 heteroatoms. The van der Waals surface area contributed by atoms with Crippen molar-refractivity contribution in [2.45, 2.75) is 73.6 Å². The second-order valence-corrected chi connectivity index (χ2v) is 8.67. The SMILES string of the molecule is Cc1cc(-c2c(C)cc(CC3CCC(C)CC3)cc2C)cc(C)c1C. The highest BCUT2D eigenvalue weighted by molar-refractivity contribution is 5.73. The van der Waals surface area contributed by atoms with E-state index in [-0.39, 0.29) is 0 Å². The Bertz CT molecular complexity index is 712. The van der Waals surface area contributed by atoms with E-state index in [1.54, 1.807) is 5.56 Å². The first-order chi connectivity index (χ1) is 11.8. The van der Waals surface area contributed by atoms with Crippen LogP contribution in [0.5, 0.6) is 0 Å². The molecule has 1 aliphatic rings. The minimum Gasteiger partial charge on any atom is -0.0625 e. The van der Waals surface area contributed by atoms with Crippen LogP contribution in [0.4, 0.5) is 0 Å². The zero-order valence-corrected chi connectivity index (χ0v) is 17.0. The summed E-state index contributed by atoms with van der Waals surface area (Å²) in [6, 6.07) is 9.62. The molecule has 2 aromatic carbocycles. The molecule has 0 unspecified atom stereocenters. The van der Waals surface area contributed by atoms with Crippen LogP contribution in [0.3, 0.4) is 0 Å². The van der Waals surface area contributed by atoms with Crippen molar-refractivity contribution in [1.29, 1.82) is 0 Å². The third-order valence-electron chi connectivity index (χ3n) is 6.47. The van der Waals surface area contributed by atoms with Crippen molar-refractivity contribution < 1.29 is 0 Å². The number of hydrogen-bond acceptors (Lipinski definition) is 0. The van der Waals surface area contributed by atoms with Crippen molar-refractivity contribution in [3.8, 4) is 11.1 Å². The van der Waals surface area contributed by atoms with Crippen LogP contribution in [-0.4, -0.2) is 0 Å². The summed E-state index contributed by atoms with van der Waals surface area (Å²) < 4.78 is 0. The zero-order chi connectivity index (χ0) is 18.1. The van der Waals surface area contributed by atoms with Crippen molar-refractivity contribution in [3.05, 3.63) is 57.6 Å². The van der Waals surface area contributed by atoms with Crippen LogP contribution < -0.4 is 0 Å². The largest absolute Gasteiger partial charge is 0.0625 e. The van der Waals surface area contributed by atoms with Crippen LogP contribution in [0, 0.1) is 46.5 Å². The van der Waals surface area contributed by atoms with Gasteiger partial charge in [0, 0.05) is 0 Å². The Balaban J connectivity index is 1.88. The second-order valence-electron chi connectivity index (χ2n) is 8.67. The molecule has 0 nitrogen and oxygen atoms in total. The van der Waals surface area contributed by atoms with Crippen LogP contribution >= 0.6 is 0 Å². The molecule has 134 valence electrons. The molecular formula is C25H34. The summed E-state index contributed by atoms with van der Waals surface area (Å²) in [4.78, 5) is 0. The lowest BCUT2D eigenvalue weighted by Gasteiger charge is -2.26. The Morgan fingerprint density at radius 2 is 1.24 bits per heavy atom. The fraction of sp³-hybridized carbons (Fsp3) is 0.520. The standard InChI is InChI=1S/C25H34/c1-16-7-9-22(10-8-16)15-23-11-19(4)25(20(5)12-23)24-13-17(2)21(6)18(3)14-24/h11-14,16,22H,7-10,15H2,1-6H3. The molecule has 3 rings (SSSR count). The molecule has 0 bridgehead atoms. The van der Waals surface area contributed by atoms with Gasteiger partial charge in [-0.15, -0.1) is 0 Å². The van der Waals surface area contributed by atoms with E-state index in [0.717, 1.165) is 11.8 Å². The maximum Gasteiger partial charge on any atom is -0.0125 e. The molecule has 1 aliphatic carbocycles. The highest BCUT2D eigenvalue weighted by Gasteiger charge is 2.19. The third-order valence-corrected chi connectivity index (χ3v) is 6.47. The molecule has 2 aromatic rings. The van der Waals surface area contributed by atoms with Crippen LogP contribution in [-0.2, 0) is 6.42 Å². The van der Waals surface area contributed by atoms with E-state index >= 15 is 0 Å². The normalized spacial score (nSPS) is 20.7. The second kappa shape index (κ2) is 7.36. The molecular weight excluding hydrogens is 300 g/mol. The first-order valence-corrected chi connectivity index (χ1v) is 10.0. The molecule has 1 fully saturated rings. The van der Waals surface area contributed by atoms with Gasteiger partial charge in [-0.05, 0) is 110 Å². The summed E-state index contributed by atoms with van der Waals surface area (Å²) >= 11 is 0. The topological polar surface area (TPSA) is 0 Å². The molecule has 25 heavy (non-hydrogen) atoms. The van der Waals surface area contributed by atoms with E-state index < -0.39 is 0 Å². The summed E-state index contributed by atoms with van der Waals surface area (Å²) in [6.07, 6.45) is 6.93. The monoisotopic (exact) mass is 334 g/mol. The molecule has 1 saturated carbocycles. The molecule has 0 atom stereocenters. The number of aryl methyl sites for hydroxylation is 4. The van der Waals surface area contributed by atoms with Gasteiger partial charge in [-0.3, -0.25) is 0 Å². The quantitative estimate of drug-likeness (QED) is 0.554. The van der Waals surface area contributed by atoms with E-state index in [0.29, 0.717) is 0 Å². The van der Waals surface area contributed by atoms with E-state index in [4.69, 9.17) is 0 Å². The predicted molar refractivity (Wildman–Crippen MR) is 110 cm³/mol. The van der Waals surface area contributed by atoms with Gasteiger partial charge in [-0.1, -0.05) is 44.0 Å². The lowest BCUT2D eigenvalue weighted by molar-refractivity contribution is 0.289. The van der Waals surface area contributed by atoms with Crippen molar-refractivity contribution in [3.63, 3.8) is 0 Å². The van der Waals surface area contributed by atoms with Gasteiger partial charge in [-0.25, -0.2) is 0 Å². The van der Waals surface area contributed by atoms with Gasteiger partial charge in [0.05, 0.1) is 0 Å². The smallest absolute Gasteiger partial charge is 0.0125 e. The van der Waals surface area contributed by atoms with Gasteiger partial charge in [0.25, 0.3) is 0 Å². The summed E-state index contributed by atoms with van der Waals surface area (Å²) in [6.45, 7) is 13.7. The highest BCUT2D eigenvalue weighted by atomic mass is 14.2. The summed E-state index contributed by atoms with van der Waals surface area (Å²) in [5.41, 5.74) is 11.4. The Kier molecular flexibility index (Phi) is 5.37. The van der Waals surface area contributed by atoms with Gasteiger partial charge in [0.15, 0.2) is 0 Å². The Morgan fingerprint density at radius 3 is 1.76 bits per heavy atom. The third kappa shape index (κ3) is 4.00. The van der Waals surface area contributed by atoms with Gasteiger partial charge in [0.2, 0.25) is 0 Å². The van der Waals surface area contributed by atoms with Gasteiger partial charge in [0.1, 0.15) is 0 Å². The van der Waals surface area contributed by atoms with Crippen LogP contribution in [0.15, 0.2) is 24.3 Å². The fourth-order valence-corrected chi connectivity index (χ4v) is 4.67. The van der Waals surface area contributed by atoms with Crippen LogP contribution in [0.2, 0.25) is 0 Å². The first-order valence-electron chi connectivity index (χ1n) is 10.0. The number of benzene rings is 2. The Hall–Kier alpha value is -1.56. The lowest BCUT2D eigenvalue weighted by atomic mass is 9.79. The molecule has 0 amide bonds. The van der Waals surface area contributed by atoms with Crippen molar-refractivity contribution in [1.82, 2.24) is 0 Å². The van der Waals surface area contributed by atoms with Gasteiger partial charge >= 0.3 is 0 Å².